The zero-order chi connectivity index (χ0) is 13.3. The van der Waals surface area contributed by atoms with Gasteiger partial charge in [0.2, 0.25) is 0 Å². The topological polar surface area (TPSA) is 55.4 Å². The van der Waals surface area contributed by atoms with E-state index in [2.05, 4.69) is 10.1 Å². The van der Waals surface area contributed by atoms with Gasteiger partial charge in [0.15, 0.2) is 0 Å². The van der Waals surface area contributed by atoms with E-state index in [1.165, 1.54) is 44.9 Å². The van der Waals surface area contributed by atoms with E-state index in [1.807, 2.05) is 0 Å². The molecule has 0 aliphatic rings. The van der Waals surface area contributed by atoms with Crippen molar-refractivity contribution in [3.05, 3.63) is 0 Å². The third-order valence-corrected chi connectivity index (χ3v) is 2.95. The van der Waals surface area contributed by atoms with Gasteiger partial charge >= 0.3 is 6.41 Å². The summed E-state index contributed by atoms with van der Waals surface area (Å²) in [6, 6.07) is 0. The molecule has 0 rings (SSSR count). The number of rotatable bonds is 15. The number of amides is 1. The zero-order valence-corrected chi connectivity index (χ0v) is 11.3. The summed E-state index contributed by atoms with van der Waals surface area (Å²) >= 11 is 0. The number of ether oxygens (including phenoxy) is 1. The molecule has 0 heterocycles. The average molecular weight is 256 g/mol. The molecule has 0 aromatic heterocycles. The summed E-state index contributed by atoms with van der Waals surface area (Å²) in [5, 5.41) is 2.55. The van der Waals surface area contributed by atoms with Crippen molar-refractivity contribution >= 4 is 12.9 Å². The molecule has 1 amide bonds. The summed E-state index contributed by atoms with van der Waals surface area (Å²) < 4.78 is 4.62. The highest BCUT2D eigenvalue weighted by molar-refractivity contribution is 5.46. The van der Waals surface area contributed by atoms with Crippen LogP contribution < -0.4 is 5.32 Å². The van der Waals surface area contributed by atoms with Gasteiger partial charge in [-0.05, 0) is 12.8 Å². The predicted octanol–water partition coefficient (Wildman–Crippen LogP) is 2.72. The molecule has 18 heavy (non-hydrogen) atoms. The number of hydrogen-bond acceptors (Lipinski definition) is 3. The SMILES string of the molecule is O=[C]NCCCCCCCCCCCCOC=O. The predicted molar refractivity (Wildman–Crippen MR) is 71.9 cm³/mol. The van der Waals surface area contributed by atoms with Gasteiger partial charge in [-0.15, -0.1) is 0 Å². The van der Waals surface area contributed by atoms with Crippen molar-refractivity contribution in [2.75, 3.05) is 13.2 Å². The fraction of sp³-hybridized carbons (Fsp3) is 0.857. The number of carbonyl (C=O) groups excluding carboxylic acids is 2. The first kappa shape index (κ1) is 16.9. The van der Waals surface area contributed by atoms with Crippen LogP contribution in [-0.4, -0.2) is 26.0 Å². The second kappa shape index (κ2) is 15.9. The average Bonchev–Trinajstić information content (AvgIpc) is 2.39. The van der Waals surface area contributed by atoms with E-state index in [9.17, 15) is 9.59 Å². The molecule has 0 fully saturated rings. The van der Waals surface area contributed by atoms with Gasteiger partial charge in [0.05, 0.1) is 6.61 Å². The number of unbranched alkanes of at least 4 members (excludes halogenated alkanes) is 9. The minimum absolute atomic E-state index is 0.517. The molecule has 1 radical (unpaired) electrons. The molecule has 4 heteroatoms. The standard InChI is InChI=1S/C14H26NO3/c16-13-15-11-9-7-5-3-1-2-4-6-8-10-12-18-14-17/h14H,1-12H2,(H,15,16). The molecule has 0 saturated carbocycles. The lowest BCUT2D eigenvalue weighted by Gasteiger charge is -2.02. The summed E-state index contributed by atoms with van der Waals surface area (Å²) in [6.45, 7) is 1.84. The molecule has 0 spiro atoms. The Bertz CT molecular complexity index is 166. The van der Waals surface area contributed by atoms with Crippen LogP contribution in [0, 0.1) is 0 Å². The summed E-state index contributed by atoms with van der Waals surface area (Å²) in [5.74, 6) is 0. The van der Waals surface area contributed by atoms with Crippen molar-refractivity contribution < 1.29 is 14.3 Å². The van der Waals surface area contributed by atoms with E-state index in [0.717, 1.165) is 25.8 Å². The summed E-state index contributed by atoms with van der Waals surface area (Å²) in [7, 11) is 0. The first-order valence-electron chi connectivity index (χ1n) is 7.07. The monoisotopic (exact) mass is 256 g/mol. The molecule has 0 aromatic rings. The molecule has 105 valence electrons. The van der Waals surface area contributed by atoms with Crippen molar-refractivity contribution in [1.82, 2.24) is 5.32 Å². The molecular weight excluding hydrogens is 230 g/mol. The summed E-state index contributed by atoms with van der Waals surface area (Å²) in [4.78, 5) is 19.7. The lowest BCUT2D eigenvalue weighted by atomic mass is 10.1. The van der Waals surface area contributed by atoms with Crippen molar-refractivity contribution in [3.8, 4) is 0 Å². The highest BCUT2D eigenvalue weighted by atomic mass is 16.5. The Morgan fingerprint density at radius 3 is 1.83 bits per heavy atom. The Morgan fingerprint density at radius 1 is 0.833 bits per heavy atom. The lowest BCUT2D eigenvalue weighted by Crippen LogP contribution is -2.11. The van der Waals surface area contributed by atoms with Crippen LogP contribution in [0.1, 0.15) is 64.2 Å². The Kier molecular flexibility index (Phi) is 15.0. The van der Waals surface area contributed by atoms with E-state index in [0.29, 0.717) is 13.1 Å². The van der Waals surface area contributed by atoms with Crippen LogP contribution >= 0.6 is 0 Å². The fourth-order valence-electron chi connectivity index (χ4n) is 1.91. The second-order valence-corrected chi connectivity index (χ2v) is 4.53. The maximum absolute atomic E-state index is 9.88. The van der Waals surface area contributed by atoms with E-state index in [-0.39, 0.29) is 0 Å². The van der Waals surface area contributed by atoms with Gasteiger partial charge in [-0.25, -0.2) is 0 Å². The van der Waals surface area contributed by atoms with Gasteiger partial charge in [0, 0.05) is 6.54 Å². The third kappa shape index (κ3) is 14.9. The maximum Gasteiger partial charge on any atom is 0.309 e. The van der Waals surface area contributed by atoms with Crippen LogP contribution in [-0.2, 0) is 14.3 Å². The highest BCUT2D eigenvalue weighted by Crippen LogP contribution is 2.10. The number of nitrogens with one attached hydrogen (secondary N) is 1. The van der Waals surface area contributed by atoms with Crippen molar-refractivity contribution in [2.45, 2.75) is 64.2 Å². The highest BCUT2D eigenvalue weighted by Gasteiger charge is 1.93. The molecular formula is C14H26NO3. The minimum atomic E-state index is 0.517. The van der Waals surface area contributed by atoms with Crippen LogP contribution in [0.4, 0.5) is 0 Å². The molecule has 0 atom stereocenters. The molecule has 0 aromatic carbocycles. The van der Waals surface area contributed by atoms with Crippen LogP contribution in [0.25, 0.3) is 0 Å². The Balaban J connectivity index is 2.90. The smallest absolute Gasteiger partial charge is 0.309 e. The largest absolute Gasteiger partial charge is 0.468 e. The van der Waals surface area contributed by atoms with Gasteiger partial charge in [0.1, 0.15) is 0 Å². The van der Waals surface area contributed by atoms with Crippen molar-refractivity contribution in [1.29, 1.82) is 0 Å². The van der Waals surface area contributed by atoms with E-state index in [1.54, 1.807) is 6.41 Å². The van der Waals surface area contributed by atoms with E-state index >= 15 is 0 Å². The van der Waals surface area contributed by atoms with Crippen molar-refractivity contribution in [3.63, 3.8) is 0 Å². The second-order valence-electron chi connectivity index (χ2n) is 4.53. The molecule has 0 unspecified atom stereocenters. The molecule has 0 saturated heterocycles. The van der Waals surface area contributed by atoms with Crippen LogP contribution in [0.15, 0.2) is 0 Å². The first-order valence-corrected chi connectivity index (χ1v) is 7.07. The van der Waals surface area contributed by atoms with Crippen LogP contribution in [0.5, 0.6) is 0 Å². The van der Waals surface area contributed by atoms with Gasteiger partial charge in [-0.1, -0.05) is 51.4 Å². The van der Waals surface area contributed by atoms with Crippen LogP contribution in [0.3, 0.4) is 0 Å². The lowest BCUT2D eigenvalue weighted by molar-refractivity contribution is -0.128. The van der Waals surface area contributed by atoms with Gasteiger partial charge in [-0.3, -0.25) is 9.59 Å². The maximum atomic E-state index is 9.88. The number of hydrogen-bond donors (Lipinski definition) is 1. The Hall–Kier alpha value is -1.06. The van der Waals surface area contributed by atoms with Crippen LogP contribution in [0.2, 0.25) is 0 Å². The molecule has 0 aliphatic heterocycles. The van der Waals surface area contributed by atoms with E-state index < -0.39 is 0 Å². The zero-order valence-electron chi connectivity index (χ0n) is 11.3. The molecule has 1 N–H and O–H groups in total. The fourth-order valence-corrected chi connectivity index (χ4v) is 1.91. The first-order chi connectivity index (χ1) is 8.91. The third-order valence-electron chi connectivity index (χ3n) is 2.95. The van der Waals surface area contributed by atoms with Gasteiger partial charge in [0.25, 0.3) is 6.47 Å². The molecule has 4 nitrogen and oxygen atoms in total. The Morgan fingerprint density at radius 2 is 1.33 bits per heavy atom. The van der Waals surface area contributed by atoms with Gasteiger partial charge < -0.3 is 10.1 Å². The molecule has 0 bridgehead atoms. The quantitative estimate of drug-likeness (QED) is 0.278. The minimum Gasteiger partial charge on any atom is -0.468 e. The summed E-state index contributed by atoms with van der Waals surface area (Å²) in [5.41, 5.74) is 0. The Labute approximate surface area is 110 Å². The number of carbonyl (C=O) groups is 1. The normalized spacial score (nSPS) is 10.0. The van der Waals surface area contributed by atoms with Gasteiger partial charge in [-0.2, -0.15) is 0 Å². The van der Waals surface area contributed by atoms with Crippen molar-refractivity contribution in [2.24, 2.45) is 0 Å². The van der Waals surface area contributed by atoms with E-state index in [4.69, 9.17) is 0 Å². The molecule has 0 aliphatic carbocycles. The summed E-state index contributed by atoms with van der Waals surface area (Å²) in [6.07, 6.45) is 13.7.